The van der Waals surface area contributed by atoms with E-state index in [0.717, 1.165) is 37.6 Å². The topological polar surface area (TPSA) is 70.2 Å². The number of anilines is 1. The van der Waals surface area contributed by atoms with E-state index in [-0.39, 0.29) is 23.5 Å². The Hall–Kier alpha value is -1.80. The van der Waals surface area contributed by atoms with Crippen LogP contribution in [0.1, 0.15) is 13.3 Å². The molecule has 0 spiro atoms. The van der Waals surface area contributed by atoms with E-state index in [9.17, 15) is 13.2 Å². The predicted octanol–water partition coefficient (Wildman–Crippen LogP) is 0.853. The molecule has 150 valence electrons. The van der Waals surface area contributed by atoms with E-state index < -0.39 is 9.84 Å². The van der Waals surface area contributed by atoms with Crippen molar-refractivity contribution in [2.24, 2.45) is 0 Å². The first-order valence-electron chi connectivity index (χ1n) is 9.53. The Kier molecular flexibility index (Phi) is 6.26. The second kappa shape index (κ2) is 8.48. The molecule has 2 fully saturated rings. The Morgan fingerprint density at radius 2 is 1.93 bits per heavy atom. The van der Waals surface area contributed by atoms with E-state index in [4.69, 9.17) is 4.74 Å². The average Bonchev–Trinajstić information content (AvgIpc) is 3.02. The van der Waals surface area contributed by atoms with Crippen LogP contribution in [0.15, 0.2) is 24.3 Å². The molecule has 1 unspecified atom stereocenters. The third-order valence-electron chi connectivity index (χ3n) is 5.47. The molecule has 0 aliphatic carbocycles. The van der Waals surface area contributed by atoms with Gasteiger partial charge in [-0.05, 0) is 25.5 Å². The maximum Gasteiger partial charge on any atom is 0.237 e. The van der Waals surface area contributed by atoms with Crippen LogP contribution in [-0.2, 0) is 14.6 Å². The van der Waals surface area contributed by atoms with Crippen molar-refractivity contribution in [3.8, 4) is 5.75 Å². The number of methoxy groups -OCH3 is 1. The van der Waals surface area contributed by atoms with E-state index in [1.165, 1.54) is 0 Å². The highest BCUT2D eigenvalue weighted by molar-refractivity contribution is 7.91. The van der Waals surface area contributed by atoms with E-state index >= 15 is 0 Å². The van der Waals surface area contributed by atoms with Crippen LogP contribution in [-0.4, -0.2) is 88.1 Å². The SMILES string of the molecule is CCN(C(=O)CN1CCN(c2ccccc2OC)CC1)C1CCS(=O)(=O)C1. The van der Waals surface area contributed by atoms with Gasteiger partial charge in [-0.15, -0.1) is 0 Å². The number of hydrogen-bond acceptors (Lipinski definition) is 6. The summed E-state index contributed by atoms with van der Waals surface area (Å²) in [6.45, 7) is 6.08. The summed E-state index contributed by atoms with van der Waals surface area (Å²) < 4.78 is 28.9. The molecule has 3 rings (SSSR count). The first-order valence-corrected chi connectivity index (χ1v) is 11.4. The molecule has 0 aromatic heterocycles. The Morgan fingerprint density at radius 3 is 2.52 bits per heavy atom. The van der Waals surface area contributed by atoms with Crippen LogP contribution in [0.3, 0.4) is 0 Å². The third-order valence-corrected chi connectivity index (χ3v) is 7.22. The zero-order valence-electron chi connectivity index (χ0n) is 16.1. The maximum absolute atomic E-state index is 12.7. The van der Waals surface area contributed by atoms with Crippen LogP contribution in [0.2, 0.25) is 0 Å². The van der Waals surface area contributed by atoms with Gasteiger partial charge in [-0.25, -0.2) is 8.42 Å². The highest BCUT2D eigenvalue weighted by atomic mass is 32.2. The minimum absolute atomic E-state index is 0.0327. The number of ether oxygens (including phenoxy) is 1. The van der Waals surface area contributed by atoms with E-state index in [0.29, 0.717) is 19.5 Å². The molecule has 2 heterocycles. The number of carbonyl (C=O) groups excluding carboxylic acids is 1. The summed E-state index contributed by atoms with van der Waals surface area (Å²) >= 11 is 0. The summed E-state index contributed by atoms with van der Waals surface area (Å²) in [7, 11) is -1.31. The van der Waals surface area contributed by atoms with Crippen molar-refractivity contribution in [1.82, 2.24) is 9.80 Å². The summed E-state index contributed by atoms with van der Waals surface area (Å²) in [5.41, 5.74) is 1.08. The number of benzene rings is 1. The average molecular weight is 396 g/mol. The van der Waals surface area contributed by atoms with Gasteiger partial charge in [0.1, 0.15) is 5.75 Å². The smallest absolute Gasteiger partial charge is 0.237 e. The number of likely N-dealkylation sites (N-methyl/N-ethyl adjacent to an activating group) is 1. The van der Waals surface area contributed by atoms with Crippen LogP contribution in [0.25, 0.3) is 0 Å². The molecule has 8 heteroatoms. The summed E-state index contributed by atoms with van der Waals surface area (Å²) in [6.07, 6.45) is 0.559. The molecule has 0 bridgehead atoms. The normalized spacial score (nSPS) is 22.6. The van der Waals surface area contributed by atoms with Crippen LogP contribution in [0.4, 0.5) is 5.69 Å². The highest BCUT2D eigenvalue weighted by Crippen LogP contribution is 2.28. The number of sulfone groups is 1. The van der Waals surface area contributed by atoms with E-state index in [1.54, 1.807) is 12.0 Å². The van der Waals surface area contributed by atoms with Crippen molar-refractivity contribution in [3.05, 3.63) is 24.3 Å². The molecule has 1 atom stereocenters. The Labute approximate surface area is 161 Å². The van der Waals surface area contributed by atoms with Gasteiger partial charge in [0.05, 0.1) is 30.8 Å². The number of nitrogens with zero attached hydrogens (tertiary/aromatic N) is 3. The zero-order chi connectivity index (χ0) is 19.4. The molecule has 0 N–H and O–H groups in total. The summed E-state index contributed by atoms with van der Waals surface area (Å²) in [4.78, 5) is 18.9. The Morgan fingerprint density at radius 1 is 1.22 bits per heavy atom. The van der Waals surface area contributed by atoms with Crippen molar-refractivity contribution in [3.63, 3.8) is 0 Å². The number of hydrogen-bond donors (Lipinski definition) is 0. The number of rotatable bonds is 6. The monoisotopic (exact) mass is 395 g/mol. The van der Waals surface area contributed by atoms with Crippen LogP contribution >= 0.6 is 0 Å². The van der Waals surface area contributed by atoms with Crippen molar-refractivity contribution in [2.45, 2.75) is 19.4 Å². The van der Waals surface area contributed by atoms with Crippen LogP contribution in [0, 0.1) is 0 Å². The highest BCUT2D eigenvalue weighted by Gasteiger charge is 2.34. The Bertz CT molecular complexity index is 760. The van der Waals surface area contributed by atoms with Gasteiger partial charge in [0.15, 0.2) is 9.84 Å². The Balaban J connectivity index is 1.54. The zero-order valence-corrected chi connectivity index (χ0v) is 17.0. The molecule has 7 nitrogen and oxygen atoms in total. The molecule has 1 aromatic rings. The minimum atomic E-state index is -2.99. The molecule has 2 aliphatic rings. The maximum atomic E-state index is 12.7. The third kappa shape index (κ3) is 4.73. The fourth-order valence-corrected chi connectivity index (χ4v) is 5.71. The molecule has 0 saturated carbocycles. The fourth-order valence-electron chi connectivity index (χ4n) is 3.98. The van der Waals surface area contributed by atoms with E-state index in [1.807, 2.05) is 25.1 Å². The molecular weight excluding hydrogens is 366 g/mol. The lowest BCUT2D eigenvalue weighted by Crippen LogP contribution is -2.51. The molecule has 1 aromatic carbocycles. The van der Waals surface area contributed by atoms with Gasteiger partial charge >= 0.3 is 0 Å². The number of amides is 1. The number of carbonyl (C=O) groups is 1. The van der Waals surface area contributed by atoms with Gasteiger partial charge in [-0.1, -0.05) is 12.1 Å². The van der Waals surface area contributed by atoms with Crippen molar-refractivity contribution < 1.29 is 17.9 Å². The first kappa shape index (κ1) is 19.9. The van der Waals surface area contributed by atoms with Crippen LogP contribution < -0.4 is 9.64 Å². The molecule has 1 amide bonds. The van der Waals surface area contributed by atoms with Crippen LogP contribution in [0.5, 0.6) is 5.75 Å². The second-order valence-electron chi connectivity index (χ2n) is 7.17. The second-order valence-corrected chi connectivity index (χ2v) is 9.40. The first-order chi connectivity index (χ1) is 12.9. The van der Waals surface area contributed by atoms with Crippen molar-refractivity contribution >= 4 is 21.4 Å². The van der Waals surface area contributed by atoms with Gasteiger partial charge in [-0.3, -0.25) is 9.69 Å². The molecular formula is C19H29N3O4S. The lowest BCUT2D eigenvalue weighted by molar-refractivity contribution is -0.134. The van der Waals surface area contributed by atoms with Crippen molar-refractivity contribution in [1.29, 1.82) is 0 Å². The summed E-state index contributed by atoms with van der Waals surface area (Å²) in [5, 5.41) is 0. The minimum Gasteiger partial charge on any atom is -0.495 e. The lowest BCUT2D eigenvalue weighted by atomic mass is 10.2. The van der Waals surface area contributed by atoms with Crippen molar-refractivity contribution in [2.75, 3.05) is 62.8 Å². The molecule has 27 heavy (non-hydrogen) atoms. The quantitative estimate of drug-likeness (QED) is 0.711. The number of piperazine rings is 1. The van der Waals surface area contributed by atoms with E-state index in [2.05, 4.69) is 15.9 Å². The van der Waals surface area contributed by atoms with Gasteiger partial charge in [0.2, 0.25) is 5.91 Å². The van der Waals surface area contributed by atoms with Gasteiger partial charge in [-0.2, -0.15) is 0 Å². The largest absolute Gasteiger partial charge is 0.495 e. The lowest BCUT2D eigenvalue weighted by Gasteiger charge is -2.37. The van der Waals surface area contributed by atoms with Gasteiger partial charge in [0.25, 0.3) is 0 Å². The van der Waals surface area contributed by atoms with Gasteiger partial charge in [0, 0.05) is 38.8 Å². The predicted molar refractivity (Wildman–Crippen MR) is 106 cm³/mol. The number of para-hydroxylation sites is 2. The van der Waals surface area contributed by atoms with Gasteiger partial charge < -0.3 is 14.5 Å². The summed E-state index contributed by atoms with van der Waals surface area (Å²) in [5.74, 6) is 1.19. The molecule has 0 radical (unpaired) electrons. The fraction of sp³-hybridized carbons (Fsp3) is 0.632. The molecule has 2 saturated heterocycles. The molecule has 2 aliphatic heterocycles. The standard InChI is InChI=1S/C19H29N3O4S/c1-3-22(16-8-13-27(24,25)15-16)19(23)14-20-9-11-21(12-10-20)17-6-4-5-7-18(17)26-2/h4-7,16H,3,8-15H2,1-2H3. The summed E-state index contributed by atoms with van der Waals surface area (Å²) in [6, 6.07) is 7.81.